The molecule has 0 spiro atoms. The van der Waals surface area contributed by atoms with Crippen molar-refractivity contribution >= 4 is 17.9 Å². The quantitative estimate of drug-likeness (QED) is 0.804. The summed E-state index contributed by atoms with van der Waals surface area (Å²) in [5.74, 6) is 0.316. The van der Waals surface area contributed by atoms with Crippen molar-refractivity contribution in [2.75, 3.05) is 20.2 Å². The number of nitrogens with one attached hydrogen (secondary N) is 1. The van der Waals surface area contributed by atoms with E-state index in [2.05, 4.69) is 5.32 Å². The molecule has 146 valence electrons. The van der Waals surface area contributed by atoms with E-state index < -0.39 is 0 Å². The summed E-state index contributed by atoms with van der Waals surface area (Å²) in [6.45, 7) is 1.44. The minimum absolute atomic E-state index is 0.137. The molecule has 0 aromatic heterocycles. The van der Waals surface area contributed by atoms with Crippen LogP contribution in [0.3, 0.4) is 0 Å². The molecule has 1 heterocycles. The number of benzene rings is 2. The number of hydrogen-bond acceptors (Lipinski definition) is 3. The van der Waals surface area contributed by atoms with Gasteiger partial charge in [0.2, 0.25) is 0 Å². The summed E-state index contributed by atoms with van der Waals surface area (Å²) in [4.78, 5) is 27.7. The Bertz CT molecular complexity index is 821. The Hall–Kier alpha value is -3.08. The van der Waals surface area contributed by atoms with Gasteiger partial charge in [-0.2, -0.15) is 0 Å². The summed E-state index contributed by atoms with van der Waals surface area (Å²) in [7, 11) is 1.61. The molecule has 1 fully saturated rings. The minimum atomic E-state index is -0.288. The molecule has 5 heteroatoms. The van der Waals surface area contributed by atoms with Crippen molar-refractivity contribution in [1.29, 1.82) is 0 Å². The molecule has 2 aromatic rings. The summed E-state index contributed by atoms with van der Waals surface area (Å²) in [6.07, 6.45) is 5.99. The Morgan fingerprint density at radius 2 is 1.57 bits per heavy atom. The van der Waals surface area contributed by atoms with Gasteiger partial charge in [0, 0.05) is 18.7 Å². The molecule has 2 amide bonds. The van der Waals surface area contributed by atoms with Crippen molar-refractivity contribution in [1.82, 2.24) is 10.2 Å². The number of hydrogen-bond donors (Lipinski definition) is 1. The summed E-state index contributed by atoms with van der Waals surface area (Å²) in [5.41, 5.74) is 1.64. The third kappa shape index (κ3) is 5.22. The average molecular weight is 378 g/mol. The van der Waals surface area contributed by atoms with Crippen LogP contribution in [0.15, 0.2) is 60.3 Å². The number of carbonyl (C=O) groups is 2. The summed E-state index contributed by atoms with van der Waals surface area (Å²) in [5, 5.41) is 2.83. The normalized spacial score (nSPS) is 14.9. The lowest BCUT2D eigenvalue weighted by molar-refractivity contribution is -0.127. The van der Waals surface area contributed by atoms with Crippen LogP contribution in [0.4, 0.5) is 0 Å². The standard InChI is InChI=1S/C23H26N2O3/c1-28-20-13-11-18(12-14-20)17-21(23(27)25-15-7-2-3-8-16-25)24-22(26)19-9-5-4-6-10-19/h4-6,9-14,17H,2-3,7-8,15-16H2,1H3,(H,24,26)/b21-17-. The maximum atomic E-state index is 13.2. The van der Waals surface area contributed by atoms with Crippen molar-refractivity contribution in [2.45, 2.75) is 25.7 Å². The Labute approximate surface area is 166 Å². The van der Waals surface area contributed by atoms with Crippen molar-refractivity contribution in [3.05, 3.63) is 71.4 Å². The predicted molar refractivity (Wildman–Crippen MR) is 110 cm³/mol. The Morgan fingerprint density at radius 3 is 2.18 bits per heavy atom. The molecule has 2 aromatic carbocycles. The van der Waals surface area contributed by atoms with Gasteiger partial charge in [0.05, 0.1) is 7.11 Å². The molecular formula is C23H26N2O3. The van der Waals surface area contributed by atoms with Crippen LogP contribution < -0.4 is 10.1 Å². The largest absolute Gasteiger partial charge is 0.497 e. The van der Waals surface area contributed by atoms with Crippen LogP contribution in [0.1, 0.15) is 41.6 Å². The molecule has 1 aliphatic rings. The number of carbonyl (C=O) groups excluding carboxylic acids is 2. The predicted octanol–water partition coefficient (Wildman–Crippen LogP) is 3.87. The van der Waals surface area contributed by atoms with Gasteiger partial charge in [-0.3, -0.25) is 9.59 Å². The summed E-state index contributed by atoms with van der Waals surface area (Å²) < 4.78 is 5.19. The number of nitrogens with zero attached hydrogens (tertiary/aromatic N) is 1. The van der Waals surface area contributed by atoms with Gasteiger partial charge in [0.25, 0.3) is 11.8 Å². The van der Waals surface area contributed by atoms with Crippen LogP contribution in [0, 0.1) is 0 Å². The van der Waals surface area contributed by atoms with Gasteiger partial charge in [-0.05, 0) is 48.7 Å². The Balaban J connectivity index is 1.86. The summed E-state index contributed by atoms with van der Waals surface area (Å²) >= 11 is 0. The zero-order chi connectivity index (χ0) is 19.8. The van der Waals surface area contributed by atoms with Gasteiger partial charge in [0.1, 0.15) is 11.4 Å². The van der Waals surface area contributed by atoms with Gasteiger partial charge in [-0.25, -0.2) is 0 Å². The molecule has 0 unspecified atom stereocenters. The molecule has 1 aliphatic heterocycles. The van der Waals surface area contributed by atoms with E-state index in [0.717, 1.165) is 50.1 Å². The zero-order valence-corrected chi connectivity index (χ0v) is 16.2. The fraction of sp³-hybridized carbons (Fsp3) is 0.304. The second-order valence-corrected chi connectivity index (χ2v) is 6.86. The lowest BCUT2D eigenvalue weighted by Gasteiger charge is -2.22. The first-order valence-corrected chi connectivity index (χ1v) is 9.69. The highest BCUT2D eigenvalue weighted by Gasteiger charge is 2.21. The first kappa shape index (κ1) is 19.7. The van der Waals surface area contributed by atoms with Crippen molar-refractivity contribution in [3.8, 4) is 5.75 Å². The molecular weight excluding hydrogens is 352 g/mol. The van der Waals surface area contributed by atoms with Crippen LogP contribution in [0.2, 0.25) is 0 Å². The lowest BCUT2D eigenvalue weighted by Crippen LogP contribution is -2.39. The highest BCUT2D eigenvalue weighted by molar-refractivity contribution is 6.05. The highest BCUT2D eigenvalue weighted by atomic mass is 16.5. The molecule has 5 nitrogen and oxygen atoms in total. The molecule has 0 saturated carbocycles. The second kappa shape index (κ2) is 9.74. The zero-order valence-electron chi connectivity index (χ0n) is 16.2. The van der Waals surface area contributed by atoms with E-state index >= 15 is 0 Å². The topological polar surface area (TPSA) is 58.6 Å². The molecule has 0 radical (unpaired) electrons. The van der Waals surface area contributed by atoms with Crippen LogP contribution in [-0.4, -0.2) is 36.9 Å². The monoisotopic (exact) mass is 378 g/mol. The van der Waals surface area contributed by atoms with E-state index in [4.69, 9.17) is 4.74 Å². The van der Waals surface area contributed by atoms with Gasteiger partial charge in [0.15, 0.2) is 0 Å². The van der Waals surface area contributed by atoms with E-state index in [1.807, 2.05) is 35.2 Å². The molecule has 3 rings (SSSR count). The molecule has 0 atom stereocenters. The maximum absolute atomic E-state index is 13.2. The van der Waals surface area contributed by atoms with Crippen LogP contribution >= 0.6 is 0 Å². The molecule has 28 heavy (non-hydrogen) atoms. The Morgan fingerprint density at radius 1 is 0.929 bits per heavy atom. The van der Waals surface area contributed by atoms with Gasteiger partial charge >= 0.3 is 0 Å². The van der Waals surface area contributed by atoms with E-state index in [1.54, 1.807) is 37.5 Å². The highest BCUT2D eigenvalue weighted by Crippen LogP contribution is 2.17. The number of rotatable bonds is 5. The molecule has 0 aliphatic carbocycles. The van der Waals surface area contributed by atoms with Gasteiger partial charge in [-0.15, -0.1) is 0 Å². The second-order valence-electron chi connectivity index (χ2n) is 6.86. The van der Waals surface area contributed by atoms with Crippen LogP contribution in [-0.2, 0) is 4.79 Å². The smallest absolute Gasteiger partial charge is 0.270 e. The van der Waals surface area contributed by atoms with E-state index in [9.17, 15) is 9.59 Å². The number of amides is 2. The van der Waals surface area contributed by atoms with E-state index in [-0.39, 0.29) is 11.8 Å². The van der Waals surface area contributed by atoms with E-state index in [1.165, 1.54) is 0 Å². The first-order chi connectivity index (χ1) is 13.7. The molecule has 1 N–H and O–H groups in total. The minimum Gasteiger partial charge on any atom is -0.497 e. The SMILES string of the molecule is COc1ccc(/C=C(\NC(=O)c2ccccc2)C(=O)N2CCCCCC2)cc1. The fourth-order valence-electron chi connectivity index (χ4n) is 3.25. The number of likely N-dealkylation sites (tertiary alicyclic amines) is 1. The fourth-order valence-corrected chi connectivity index (χ4v) is 3.25. The van der Waals surface area contributed by atoms with Gasteiger partial charge < -0.3 is 15.0 Å². The van der Waals surface area contributed by atoms with Crippen molar-refractivity contribution in [3.63, 3.8) is 0 Å². The number of methoxy groups -OCH3 is 1. The third-order valence-corrected chi connectivity index (χ3v) is 4.83. The van der Waals surface area contributed by atoms with Crippen molar-refractivity contribution in [2.24, 2.45) is 0 Å². The third-order valence-electron chi connectivity index (χ3n) is 4.83. The average Bonchev–Trinajstić information content (AvgIpc) is 3.03. The summed E-state index contributed by atoms with van der Waals surface area (Å²) in [6, 6.07) is 16.3. The first-order valence-electron chi connectivity index (χ1n) is 9.69. The lowest BCUT2D eigenvalue weighted by atomic mass is 10.1. The maximum Gasteiger partial charge on any atom is 0.270 e. The molecule has 1 saturated heterocycles. The van der Waals surface area contributed by atoms with Gasteiger partial charge in [-0.1, -0.05) is 43.2 Å². The number of ether oxygens (including phenoxy) is 1. The molecule has 0 bridgehead atoms. The van der Waals surface area contributed by atoms with Crippen molar-refractivity contribution < 1.29 is 14.3 Å². The van der Waals surface area contributed by atoms with E-state index in [0.29, 0.717) is 11.3 Å². The van der Waals surface area contributed by atoms with Crippen LogP contribution in [0.25, 0.3) is 6.08 Å². The van der Waals surface area contributed by atoms with Crippen LogP contribution in [0.5, 0.6) is 5.75 Å². The Kier molecular flexibility index (Phi) is 6.84.